The van der Waals surface area contributed by atoms with Crippen LogP contribution in [-0.4, -0.2) is 23.7 Å². The van der Waals surface area contributed by atoms with Crippen LogP contribution in [0.5, 0.6) is 0 Å². The topological polar surface area (TPSA) is 50.9 Å². The van der Waals surface area contributed by atoms with E-state index in [0.29, 0.717) is 24.9 Å². The summed E-state index contributed by atoms with van der Waals surface area (Å²) in [7, 11) is 0. The van der Waals surface area contributed by atoms with Crippen molar-refractivity contribution in [3.63, 3.8) is 0 Å². The Morgan fingerprint density at radius 2 is 2.20 bits per heavy atom. The summed E-state index contributed by atoms with van der Waals surface area (Å²) in [6.45, 7) is 1.49. The molecule has 0 atom stereocenters. The van der Waals surface area contributed by atoms with Gasteiger partial charge in [0.2, 0.25) is 0 Å². The first-order valence-corrected chi connectivity index (χ1v) is 5.28. The first kappa shape index (κ1) is 10.4. The molecule has 0 amide bonds. The van der Waals surface area contributed by atoms with Crippen LogP contribution < -0.4 is 11.1 Å². The van der Waals surface area contributed by atoms with Gasteiger partial charge in [0.1, 0.15) is 5.67 Å². The van der Waals surface area contributed by atoms with Gasteiger partial charge in [0.05, 0.1) is 0 Å². The van der Waals surface area contributed by atoms with Crippen molar-refractivity contribution in [1.82, 2.24) is 10.3 Å². The maximum atomic E-state index is 14.3. The number of hydrogen-bond acceptors (Lipinski definition) is 3. The summed E-state index contributed by atoms with van der Waals surface area (Å²) in [6.07, 6.45) is 4.79. The molecule has 15 heavy (non-hydrogen) atoms. The number of rotatable bonds is 2. The number of nitrogens with one attached hydrogen (secondary N) is 1. The lowest BCUT2D eigenvalue weighted by molar-refractivity contribution is 0.116. The monoisotopic (exact) mass is 209 g/mol. The maximum Gasteiger partial charge on any atom is 0.117 e. The molecule has 1 aliphatic rings. The maximum absolute atomic E-state index is 14.3. The molecule has 3 nitrogen and oxygen atoms in total. The molecule has 1 aromatic rings. The van der Waals surface area contributed by atoms with Crippen molar-refractivity contribution in [2.24, 2.45) is 0 Å². The molecule has 1 saturated heterocycles. The van der Waals surface area contributed by atoms with E-state index in [4.69, 9.17) is 5.73 Å². The Morgan fingerprint density at radius 1 is 1.47 bits per heavy atom. The molecule has 0 aliphatic carbocycles. The second-order valence-electron chi connectivity index (χ2n) is 4.15. The van der Waals surface area contributed by atoms with Gasteiger partial charge in [-0.2, -0.15) is 0 Å². The van der Waals surface area contributed by atoms with Gasteiger partial charge in [-0.3, -0.25) is 4.98 Å². The van der Waals surface area contributed by atoms with E-state index in [-0.39, 0.29) is 0 Å². The van der Waals surface area contributed by atoms with Gasteiger partial charge in [-0.25, -0.2) is 4.39 Å². The predicted molar refractivity (Wildman–Crippen MR) is 58.3 cm³/mol. The highest BCUT2D eigenvalue weighted by Crippen LogP contribution is 2.29. The molecule has 1 fully saturated rings. The van der Waals surface area contributed by atoms with Crippen LogP contribution in [0.25, 0.3) is 0 Å². The number of piperidine rings is 1. The van der Waals surface area contributed by atoms with E-state index in [0.717, 1.165) is 18.7 Å². The third-order valence-corrected chi connectivity index (χ3v) is 2.95. The Hall–Kier alpha value is -1.16. The Labute approximate surface area is 88.9 Å². The zero-order valence-electron chi connectivity index (χ0n) is 8.67. The molecule has 1 aliphatic heterocycles. The smallest absolute Gasteiger partial charge is 0.117 e. The summed E-state index contributed by atoms with van der Waals surface area (Å²) in [4.78, 5) is 3.98. The average molecular weight is 209 g/mol. The van der Waals surface area contributed by atoms with Crippen LogP contribution in [0.2, 0.25) is 0 Å². The van der Waals surface area contributed by atoms with Gasteiger partial charge >= 0.3 is 0 Å². The average Bonchev–Trinajstić information content (AvgIpc) is 2.22. The molecule has 3 N–H and O–H groups in total. The minimum atomic E-state index is -1.11. The number of halogens is 1. The van der Waals surface area contributed by atoms with Crippen molar-refractivity contribution in [1.29, 1.82) is 0 Å². The molecular formula is C11H16FN3. The Morgan fingerprint density at radius 3 is 2.87 bits per heavy atom. The highest BCUT2D eigenvalue weighted by atomic mass is 19.1. The molecule has 0 radical (unpaired) electrons. The Balaban J connectivity index is 2.10. The number of pyridine rings is 1. The van der Waals surface area contributed by atoms with Crippen LogP contribution >= 0.6 is 0 Å². The van der Waals surface area contributed by atoms with Crippen LogP contribution in [0, 0.1) is 0 Å². The molecule has 2 rings (SSSR count). The van der Waals surface area contributed by atoms with Gasteiger partial charge in [0.15, 0.2) is 0 Å². The molecule has 4 heteroatoms. The van der Waals surface area contributed by atoms with Crippen molar-refractivity contribution >= 4 is 5.69 Å². The quantitative estimate of drug-likeness (QED) is 0.772. The lowest BCUT2D eigenvalue weighted by atomic mass is 9.88. The molecule has 82 valence electrons. The Bertz CT molecular complexity index is 334. The standard InChI is InChI=1S/C11H16FN3/c12-11(2-5-14-6-3-11)7-9-8-15-4-1-10(9)13/h1,4,8,14H,2-3,5-7H2,(H2,13,15). The summed E-state index contributed by atoms with van der Waals surface area (Å²) in [5, 5.41) is 3.15. The zero-order valence-corrected chi connectivity index (χ0v) is 8.67. The molecule has 0 bridgehead atoms. The number of aromatic nitrogens is 1. The second kappa shape index (κ2) is 4.14. The SMILES string of the molecule is Nc1ccncc1CC1(F)CCNCC1. The van der Waals surface area contributed by atoms with E-state index >= 15 is 0 Å². The molecule has 0 spiro atoms. The van der Waals surface area contributed by atoms with Gasteiger partial charge in [-0.1, -0.05) is 0 Å². The molecule has 0 aromatic carbocycles. The fourth-order valence-electron chi connectivity index (χ4n) is 1.98. The van der Waals surface area contributed by atoms with Gasteiger partial charge in [0, 0.05) is 24.5 Å². The van der Waals surface area contributed by atoms with Gasteiger partial charge in [-0.05, 0) is 37.6 Å². The summed E-state index contributed by atoms with van der Waals surface area (Å²) in [5.41, 5.74) is 6.13. The van der Waals surface area contributed by atoms with Crippen LogP contribution in [-0.2, 0) is 6.42 Å². The number of nitrogens with zero attached hydrogens (tertiary/aromatic N) is 1. The summed E-state index contributed by atoms with van der Waals surface area (Å²) < 4.78 is 14.3. The van der Waals surface area contributed by atoms with E-state index < -0.39 is 5.67 Å². The largest absolute Gasteiger partial charge is 0.398 e. The summed E-state index contributed by atoms with van der Waals surface area (Å²) in [5.74, 6) is 0. The van der Waals surface area contributed by atoms with Crippen LogP contribution in [0.15, 0.2) is 18.5 Å². The fraction of sp³-hybridized carbons (Fsp3) is 0.545. The third-order valence-electron chi connectivity index (χ3n) is 2.95. The van der Waals surface area contributed by atoms with Crippen LogP contribution in [0.1, 0.15) is 18.4 Å². The molecular weight excluding hydrogens is 193 g/mol. The highest BCUT2D eigenvalue weighted by molar-refractivity contribution is 5.45. The van der Waals surface area contributed by atoms with E-state index in [9.17, 15) is 4.39 Å². The van der Waals surface area contributed by atoms with E-state index in [1.54, 1.807) is 18.5 Å². The number of nitrogens with two attached hydrogens (primary N) is 1. The van der Waals surface area contributed by atoms with E-state index in [1.165, 1.54) is 0 Å². The van der Waals surface area contributed by atoms with Gasteiger partial charge < -0.3 is 11.1 Å². The Kier molecular flexibility index (Phi) is 2.86. The highest BCUT2D eigenvalue weighted by Gasteiger charge is 2.32. The van der Waals surface area contributed by atoms with E-state index in [1.807, 2.05) is 0 Å². The van der Waals surface area contributed by atoms with Crippen molar-refractivity contribution in [3.05, 3.63) is 24.0 Å². The first-order chi connectivity index (χ1) is 7.20. The summed E-state index contributed by atoms with van der Waals surface area (Å²) >= 11 is 0. The minimum absolute atomic E-state index is 0.383. The lowest BCUT2D eigenvalue weighted by Gasteiger charge is -2.30. The van der Waals surface area contributed by atoms with Crippen LogP contribution in [0.4, 0.5) is 10.1 Å². The van der Waals surface area contributed by atoms with Gasteiger partial charge in [0.25, 0.3) is 0 Å². The summed E-state index contributed by atoms with van der Waals surface area (Å²) in [6, 6.07) is 1.72. The molecule has 1 aromatic heterocycles. The van der Waals surface area contributed by atoms with Crippen molar-refractivity contribution in [2.75, 3.05) is 18.8 Å². The third kappa shape index (κ3) is 2.45. The zero-order chi connectivity index (χ0) is 10.7. The van der Waals surface area contributed by atoms with Gasteiger partial charge in [-0.15, -0.1) is 0 Å². The van der Waals surface area contributed by atoms with Crippen LogP contribution in [0.3, 0.4) is 0 Å². The predicted octanol–water partition coefficient (Wildman–Crippen LogP) is 1.30. The van der Waals surface area contributed by atoms with Crippen molar-refractivity contribution < 1.29 is 4.39 Å². The number of alkyl halides is 1. The molecule has 0 unspecified atom stereocenters. The number of anilines is 1. The normalized spacial score (nSPS) is 20.1. The van der Waals surface area contributed by atoms with E-state index in [2.05, 4.69) is 10.3 Å². The fourth-order valence-corrected chi connectivity index (χ4v) is 1.98. The number of hydrogen-bond donors (Lipinski definition) is 2. The van der Waals surface area contributed by atoms with Crippen molar-refractivity contribution in [3.8, 4) is 0 Å². The first-order valence-electron chi connectivity index (χ1n) is 5.28. The molecule has 2 heterocycles. The molecule has 0 saturated carbocycles. The number of nitrogen functional groups attached to an aromatic ring is 1. The minimum Gasteiger partial charge on any atom is -0.398 e. The van der Waals surface area contributed by atoms with Crippen molar-refractivity contribution in [2.45, 2.75) is 24.9 Å². The lowest BCUT2D eigenvalue weighted by Crippen LogP contribution is -2.40. The second-order valence-corrected chi connectivity index (χ2v) is 4.15.